The minimum absolute atomic E-state index is 0.0937. The zero-order valence-corrected chi connectivity index (χ0v) is 26.4. The lowest BCUT2D eigenvalue weighted by molar-refractivity contribution is -0.0394. The van der Waals surface area contributed by atoms with Crippen molar-refractivity contribution >= 4 is 55.9 Å². The monoisotopic (exact) mass is 655 g/mol. The number of hydrogen-bond acceptors (Lipinski definition) is 6. The highest BCUT2D eigenvalue weighted by atomic mass is 35.5. The lowest BCUT2D eigenvalue weighted by Gasteiger charge is -2.33. The summed E-state index contributed by atoms with van der Waals surface area (Å²) in [6.07, 6.45) is 8.00. The molecule has 0 aliphatic carbocycles. The van der Waals surface area contributed by atoms with Crippen molar-refractivity contribution in [1.82, 2.24) is 23.6 Å². The SMILES string of the molecule is CN(C1CCc2c(-c3cnn(C4CCCCO4)c3)c3ccc(Cl)c(Cl)c3n2C1)S(=O)(=O)CCN1C(=O)c2ccccc2C1=O. The van der Waals surface area contributed by atoms with Gasteiger partial charge in [0.05, 0.1) is 38.6 Å². The molecule has 1 saturated heterocycles. The van der Waals surface area contributed by atoms with E-state index >= 15 is 0 Å². The fraction of sp³-hybridized carbons (Fsp3) is 0.387. The van der Waals surface area contributed by atoms with Crippen LogP contribution in [0.5, 0.6) is 0 Å². The predicted molar refractivity (Wildman–Crippen MR) is 167 cm³/mol. The minimum Gasteiger partial charge on any atom is -0.357 e. The van der Waals surface area contributed by atoms with Crippen molar-refractivity contribution in [2.24, 2.45) is 0 Å². The van der Waals surface area contributed by atoms with Crippen molar-refractivity contribution in [2.45, 2.75) is 50.9 Å². The van der Waals surface area contributed by atoms with Gasteiger partial charge in [0.2, 0.25) is 10.0 Å². The second-order valence-corrected chi connectivity index (χ2v) is 14.5. The quantitative estimate of drug-likeness (QED) is 0.247. The van der Waals surface area contributed by atoms with Gasteiger partial charge in [-0.3, -0.25) is 14.5 Å². The van der Waals surface area contributed by atoms with E-state index in [1.165, 1.54) is 4.31 Å². The van der Waals surface area contributed by atoms with Gasteiger partial charge in [0.1, 0.15) is 6.23 Å². The van der Waals surface area contributed by atoms with Crippen LogP contribution in [-0.2, 0) is 27.7 Å². The maximum absolute atomic E-state index is 13.5. The minimum atomic E-state index is -3.82. The van der Waals surface area contributed by atoms with Gasteiger partial charge < -0.3 is 9.30 Å². The van der Waals surface area contributed by atoms with E-state index in [-0.39, 0.29) is 24.6 Å². The molecular weight excluding hydrogens is 625 g/mol. The lowest BCUT2D eigenvalue weighted by atomic mass is 9.99. The molecule has 2 amide bonds. The molecule has 44 heavy (non-hydrogen) atoms. The average Bonchev–Trinajstić information content (AvgIpc) is 3.71. The van der Waals surface area contributed by atoms with Crippen LogP contribution >= 0.6 is 23.2 Å². The first-order chi connectivity index (χ1) is 21.2. The molecule has 2 unspecified atom stereocenters. The molecule has 2 atom stereocenters. The van der Waals surface area contributed by atoms with E-state index in [1.807, 2.05) is 23.1 Å². The van der Waals surface area contributed by atoms with Crippen molar-refractivity contribution in [3.05, 3.63) is 75.7 Å². The van der Waals surface area contributed by atoms with Crippen LogP contribution in [-0.4, -0.2) is 75.8 Å². The van der Waals surface area contributed by atoms with Crippen LogP contribution < -0.4 is 0 Å². The Morgan fingerprint density at radius 3 is 2.50 bits per heavy atom. The number of rotatable bonds is 7. The summed E-state index contributed by atoms with van der Waals surface area (Å²) in [6, 6.07) is 9.89. The van der Waals surface area contributed by atoms with E-state index in [0.29, 0.717) is 47.2 Å². The van der Waals surface area contributed by atoms with Gasteiger partial charge in [-0.15, -0.1) is 0 Å². The van der Waals surface area contributed by atoms with Gasteiger partial charge in [-0.05, 0) is 50.3 Å². The second kappa shape index (κ2) is 11.3. The highest BCUT2D eigenvalue weighted by Crippen LogP contribution is 2.43. The van der Waals surface area contributed by atoms with Crippen LogP contribution in [0.1, 0.15) is 58.3 Å². The fourth-order valence-corrected chi connectivity index (χ4v) is 8.44. The maximum atomic E-state index is 13.5. The number of fused-ring (bicyclic) bond motifs is 4. The molecule has 2 aromatic carbocycles. The van der Waals surface area contributed by atoms with E-state index in [2.05, 4.69) is 9.67 Å². The molecule has 0 N–H and O–H groups in total. The molecule has 7 rings (SSSR count). The normalized spacial score (nSPS) is 20.5. The Morgan fingerprint density at radius 1 is 1.05 bits per heavy atom. The topological polar surface area (TPSA) is 107 Å². The van der Waals surface area contributed by atoms with Crippen molar-refractivity contribution in [3.8, 4) is 11.1 Å². The summed E-state index contributed by atoms with van der Waals surface area (Å²) in [4.78, 5) is 26.6. The molecule has 4 aromatic rings. The highest BCUT2D eigenvalue weighted by molar-refractivity contribution is 7.89. The fourth-order valence-electron chi connectivity index (χ4n) is 6.69. The lowest BCUT2D eigenvalue weighted by Crippen LogP contribution is -2.45. The molecular formula is C31H31Cl2N5O5S. The third-order valence-corrected chi connectivity index (χ3v) is 11.7. The van der Waals surface area contributed by atoms with Crippen molar-refractivity contribution in [1.29, 1.82) is 0 Å². The van der Waals surface area contributed by atoms with Crippen LogP contribution in [0.15, 0.2) is 48.8 Å². The number of halogens is 2. The van der Waals surface area contributed by atoms with Crippen LogP contribution in [0.2, 0.25) is 10.0 Å². The third kappa shape index (κ3) is 4.85. The molecule has 0 spiro atoms. The van der Waals surface area contributed by atoms with E-state index in [9.17, 15) is 18.0 Å². The van der Waals surface area contributed by atoms with Gasteiger partial charge in [0, 0.05) is 61.2 Å². The number of amides is 2. The van der Waals surface area contributed by atoms with Crippen LogP contribution in [0.4, 0.5) is 0 Å². The van der Waals surface area contributed by atoms with Gasteiger partial charge in [-0.2, -0.15) is 5.10 Å². The van der Waals surface area contributed by atoms with E-state index < -0.39 is 21.8 Å². The van der Waals surface area contributed by atoms with E-state index in [4.69, 9.17) is 27.9 Å². The standard InChI is InChI=1S/C31H31Cl2N5O5S/c1-35(44(41,42)15-13-36-30(39)21-6-2-3-7-22(21)31(36)40)20-9-12-25-27(19-16-34-38(17-19)26-8-4-5-14-43-26)23-10-11-24(32)28(33)29(23)37(25)18-20/h2-3,6-7,10-11,16-17,20,26H,4-5,8-9,12-15,18H2,1H3. The smallest absolute Gasteiger partial charge is 0.261 e. The highest BCUT2D eigenvalue weighted by Gasteiger charge is 2.38. The number of sulfonamides is 1. The Hall–Kier alpha value is -3.22. The summed E-state index contributed by atoms with van der Waals surface area (Å²) in [5.74, 6) is -1.31. The Morgan fingerprint density at radius 2 is 1.80 bits per heavy atom. The zero-order chi connectivity index (χ0) is 30.7. The molecule has 3 aliphatic heterocycles. The molecule has 0 bridgehead atoms. The number of ether oxygens (including phenoxy) is 1. The van der Waals surface area contributed by atoms with E-state index in [1.54, 1.807) is 37.4 Å². The number of carbonyl (C=O) groups excluding carboxylic acids is 2. The van der Waals surface area contributed by atoms with Gasteiger partial charge in [0.25, 0.3) is 11.8 Å². The molecule has 0 saturated carbocycles. The first-order valence-electron chi connectivity index (χ1n) is 14.7. The van der Waals surface area contributed by atoms with Crippen molar-refractivity contribution in [2.75, 3.05) is 26.0 Å². The summed E-state index contributed by atoms with van der Waals surface area (Å²) >= 11 is 13.3. The molecule has 230 valence electrons. The zero-order valence-electron chi connectivity index (χ0n) is 24.1. The largest absolute Gasteiger partial charge is 0.357 e. The third-order valence-electron chi connectivity index (χ3n) is 9.08. The van der Waals surface area contributed by atoms with Crippen LogP contribution in [0.25, 0.3) is 22.0 Å². The summed E-state index contributed by atoms with van der Waals surface area (Å²) in [5.41, 5.74) is 4.34. The summed E-state index contributed by atoms with van der Waals surface area (Å²) in [7, 11) is -2.26. The van der Waals surface area contributed by atoms with Gasteiger partial charge in [-0.25, -0.2) is 17.4 Å². The Kier molecular flexibility index (Phi) is 7.57. The van der Waals surface area contributed by atoms with Crippen LogP contribution in [0, 0.1) is 0 Å². The number of nitrogens with zero attached hydrogens (tertiary/aromatic N) is 5. The first kappa shape index (κ1) is 29.5. The summed E-state index contributed by atoms with van der Waals surface area (Å²) in [5, 5.41) is 6.39. The van der Waals surface area contributed by atoms with Gasteiger partial charge in [0.15, 0.2) is 0 Å². The van der Waals surface area contributed by atoms with Gasteiger partial charge in [-0.1, -0.05) is 41.4 Å². The Bertz CT molecular complexity index is 1880. The number of likely N-dealkylation sites (N-methyl/N-ethyl adjacent to an activating group) is 1. The Balaban J connectivity index is 1.16. The van der Waals surface area contributed by atoms with Crippen molar-refractivity contribution in [3.63, 3.8) is 0 Å². The molecule has 0 radical (unpaired) electrons. The number of aromatic nitrogens is 3. The molecule has 5 heterocycles. The average molecular weight is 657 g/mol. The summed E-state index contributed by atoms with van der Waals surface area (Å²) in [6.45, 7) is 0.868. The molecule has 1 fully saturated rings. The van der Waals surface area contributed by atoms with Gasteiger partial charge >= 0.3 is 0 Å². The number of hydrogen-bond donors (Lipinski definition) is 0. The number of imide groups is 1. The molecule has 13 heteroatoms. The number of benzene rings is 2. The van der Waals surface area contributed by atoms with Crippen molar-refractivity contribution < 1.29 is 22.7 Å². The maximum Gasteiger partial charge on any atom is 0.261 e. The predicted octanol–water partition coefficient (Wildman–Crippen LogP) is 5.38. The molecule has 2 aromatic heterocycles. The second-order valence-electron chi connectivity index (χ2n) is 11.6. The Labute approximate surface area is 265 Å². The molecule has 10 nitrogen and oxygen atoms in total. The molecule has 3 aliphatic rings. The van der Waals surface area contributed by atoms with E-state index in [0.717, 1.165) is 51.9 Å². The first-order valence-corrected chi connectivity index (χ1v) is 17.1. The summed E-state index contributed by atoms with van der Waals surface area (Å²) < 4.78 is 38.4. The van der Waals surface area contributed by atoms with Crippen LogP contribution in [0.3, 0.4) is 0 Å². The number of carbonyl (C=O) groups is 2.